The number of amides is 1. The molecule has 1 N–H and O–H groups in total. The average Bonchev–Trinajstić information content (AvgIpc) is 2.74. The van der Waals surface area contributed by atoms with Crippen molar-refractivity contribution >= 4 is 17.6 Å². The summed E-state index contributed by atoms with van der Waals surface area (Å²) >= 11 is 0. The maximum atomic E-state index is 12.2. The lowest BCUT2D eigenvalue weighted by Gasteiger charge is -2.13. The maximum Gasteiger partial charge on any atom is 0.344 e. The Morgan fingerprint density at radius 1 is 0.833 bits per heavy atom. The van der Waals surface area contributed by atoms with Crippen LogP contribution >= 0.6 is 0 Å². The molecule has 0 heterocycles. The Labute approximate surface area is 176 Å². The molecule has 3 rings (SSSR count). The fourth-order valence-electron chi connectivity index (χ4n) is 3.33. The fourth-order valence-corrected chi connectivity index (χ4v) is 3.33. The molecule has 0 bridgehead atoms. The summed E-state index contributed by atoms with van der Waals surface area (Å²) in [5.41, 5.74) is 5.68. The quantitative estimate of drug-likeness (QED) is 0.574. The lowest BCUT2D eigenvalue weighted by atomic mass is 10.1. The zero-order valence-electron chi connectivity index (χ0n) is 17.4. The minimum absolute atomic E-state index is 0.278. The van der Waals surface area contributed by atoms with Gasteiger partial charge in [0.15, 0.2) is 13.2 Å². The highest BCUT2D eigenvalue weighted by atomic mass is 16.6. The summed E-state index contributed by atoms with van der Waals surface area (Å²) in [6, 6.07) is 21.2. The van der Waals surface area contributed by atoms with E-state index >= 15 is 0 Å². The van der Waals surface area contributed by atoms with Crippen LogP contribution in [0.25, 0.3) is 11.1 Å². The number of esters is 1. The molecule has 0 atom stereocenters. The molecular formula is C25H25NO4. The normalized spacial score (nSPS) is 10.4. The van der Waals surface area contributed by atoms with Gasteiger partial charge in [0.05, 0.1) is 0 Å². The van der Waals surface area contributed by atoms with Crippen molar-refractivity contribution in [3.8, 4) is 16.9 Å². The van der Waals surface area contributed by atoms with Crippen molar-refractivity contribution in [3.05, 3.63) is 83.4 Å². The van der Waals surface area contributed by atoms with Gasteiger partial charge in [-0.15, -0.1) is 0 Å². The molecule has 0 unspecified atom stereocenters. The van der Waals surface area contributed by atoms with Crippen LogP contribution in [0.2, 0.25) is 0 Å². The van der Waals surface area contributed by atoms with Gasteiger partial charge >= 0.3 is 5.97 Å². The topological polar surface area (TPSA) is 64.6 Å². The third-order valence-corrected chi connectivity index (χ3v) is 4.62. The van der Waals surface area contributed by atoms with E-state index in [-0.39, 0.29) is 19.1 Å². The molecule has 1 amide bonds. The van der Waals surface area contributed by atoms with Gasteiger partial charge in [0, 0.05) is 11.3 Å². The summed E-state index contributed by atoms with van der Waals surface area (Å²) in [6.45, 7) is 5.22. The second kappa shape index (κ2) is 9.74. The molecule has 0 aliphatic rings. The van der Waals surface area contributed by atoms with Crippen LogP contribution in [0.1, 0.15) is 16.7 Å². The van der Waals surface area contributed by atoms with E-state index in [4.69, 9.17) is 9.47 Å². The Kier molecular flexibility index (Phi) is 6.86. The lowest BCUT2D eigenvalue weighted by Crippen LogP contribution is -2.24. The first-order chi connectivity index (χ1) is 14.4. The molecule has 0 saturated carbocycles. The van der Waals surface area contributed by atoms with Crippen LogP contribution in [0.15, 0.2) is 66.7 Å². The van der Waals surface area contributed by atoms with E-state index in [0.29, 0.717) is 5.75 Å². The van der Waals surface area contributed by atoms with Gasteiger partial charge in [-0.2, -0.15) is 0 Å². The molecule has 0 spiro atoms. The number of benzene rings is 3. The van der Waals surface area contributed by atoms with Crippen molar-refractivity contribution < 1.29 is 19.1 Å². The van der Waals surface area contributed by atoms with Crippen LogP contribution in [0.4, 0.5) is 5.69 Å². The Bertz CT molecular complexity index is 1020. The van der Waals surface area contributed by atoms with Crippen molar-refractivity contribution in [3.63, 3.8) is 0 Å². The van der Waals surface area contributed by atoms with E-state index in [1.54, 1.807) is 6.07 Å². The van der Waals surface area contributed by atoms with Crippen LogP contribution in [0.3, 0.4) is 0 Å². The minimum Gasteiger partial charge on any atom is -0.481 e. The zero-order valence-corrected chi connectivity index (χ0v) is 17.4. The van der Waals surface area contributed by atoms with Gasteiger partial charge in [0.2, 0.25) is 0 Å². The number of carbonyl (C=O) groups is 2. The summed E-state index contributed by atoms with van der Waals surface area (Å²) in [5.74, 6) is -0.413. The van der Waals surface area contributed by atoms with Crippen LogP contribution in [-0.4, -0.2) is 25.1 Å². The highest BCUT2D eigenvalue weighted by molar-refractivity contribution is 5.94. The Hall–Kier alpha value is -3.60. The summed E-state index contributed by atoms with van der Waals surface area (Å²) in [6.07, 6.45) is 0. The van der Waals surface area contributed by atoms with Crippen LogP contribution < -0.4 is 10.1 Å². The minimum atomic E-state index is -0.606. The number of nitrogens with one attached hydrogen (secondary N) is 1. The van der Waals surface area contributed by atoms with Crippen LogP contribution in [0, 0.1) is 20.8 Å². The average molecular weight is 403 g/mol. The molecule has 5 heteroatoms. The number of anilines is 1. The summed E-state index contributed by atoms with van der Waals surface area (Å²) < 4.78 is 10.7. The van der Waals surface area contributed by atoms with E-state index in [9.17, 15) is 9.59 Å². The highest BCUT2D eigenvalue weighted by Gasteiger charge is 2.13. The molecule has 0 fully saturated rings. The van der Waals surface area contributed by atoms with Crippen LogP contribution in [-0.2, 0) is 14.3 Å². The van der Waals surface area contributed by atoms with Crippen molar-refractivity contribution in [1.82, 2.24) is 0 Å². The molecule has 0 saturated heterocycles. The molecule has 0 aromatic heterocycles. The first-order valence-electron chi connectivity index (χ1n) is 9.74. The summed E-state index contributed by atoms with van der Waals surface area (Å²) in [7, 11) is 0. The van der Waals surface area contributed by atoms with E-state index in [0.717, 1.165) is 33.5 Å². The molecule has 30 heavy (non-hydrogen) atoms. The van der Waals surface area contributed by atoms with Crippen molar-refractivity contribution in [2.45, 2.75) is 20.8 Å². The molecule has 3 aromatic rings. The number of para-hydroxylation sites is 1. The van der Waals surface area contributed by atoms with Gasteiger partial charge < -0.3 is 14.8 Å². The molecule has 3 aromatic carbocycles. The standard InChI is InChI=1S/C25H25NO4/c1-17-13-18(2)25(19(3)14-17)26-23(27)15-30-24(28)16-29-22-12-8-7-11-21(22)20-9-5-4-6-10-20/h4-14H,15-16H2,1-3H3,(H,26,27). The molecule has 0 aliphatic carbocycles. The smallest absolute Gasteiger partial charge is 0.344 e. The van der Waals surface area contributed by atoms with Crippen molar-refractivity contribution in [1.29, 1.82) is 0 Å². The SMILES string of the molecule is Cc1cc(C)c(NC(=O)COC(=O)COc2ccccc2-c2ccccc2)c(C)c1. The monoisotopic (exact) mass is 403 g/mol. The molecule has 5 nitrogen and oxygen atoms in total. The number of ether oxygens (including phenoxy) is 2. The van der Waals surface area contributed by atoms with Gasteiger partial charge in [0.1, 0.15) is 5.75 Å². The predicted molar refractivity (Wildman–Crippen MR) is 118 cm³/mol. The second-order valence-corrected chi connectivity index (χ2v) is 7.13. The molecule has 0 radical (unpaired) electrons. The van der Waals surface area contributed by atoms with E-state index in [2.05, 4.69) is 5.32 Å². The Balaban J connectivity index is 1.53. The third-order valence-electron chi connectivity index (χ3n) is 4.62. The van der Waals surface area contributed by atoms with E-state index < -0.39 is 5.97 Å². The number of hydrogen-bond acceptors (Lipinski definition) is 4. The van der Waals surface area contributed by atoms with Crippen molar-refractivity contribution in [2.75, 3.05) is 18.5 Å². The lowest BCUT2D eigenvalue weighted by molar-refractivity contribution is -0.149. The van der Waals surface area contributed by atoms with Gasteiger partial charge in [-0.05, 0) is 43.5 Å². The van der Waals surface area contributed by atoms with Gasteiger partial charge in [0.25, 0.3) is 5.91 Å². The van der Waals surface area contributed by atoms with Crippen LogP contribution in [0.5, 0.6) is 5.75 Å². The summed E-state index contributed by atoms with van der Waals surface area (Å²) in [4.78, 5) is 24.3. The van der Waals surface area contributed by atoms with Crippen molar-refractivity contribution in [2.24, 2.45) is 0 Å². The zero-order chi connectivity index (χ0) is 21.5. The molecule has 154 valence electrons. The Morgan fingerprint density at radius 3 is 2.17 bits per heavy atom. The molecular weight excluding hydrogens is 378 g/mol. The number of hydrogen-bond donors (Lipinski definition) is 1. The predicted octanol–water partition coefficient (Wildman–Crippen LogP) is 4.84. The highest BCUT2D eigenvalue weighted by Crippen LogP contribution is 2.29. The fraction of sp³-hybridized carbons (Fsp3) is 0.200. The number of carbonyl (C=O) groups excluding carboxylic acids is 2. The van der Waals surface area contributed by atoms with E-state index in [1.165, 1.54) is 0 Å². The van der Waals surface area contributed by atoms with Gasteiger partial charge in [-0.3, -0.25) is 4.79 Å². The maximum absolute atomic E-state index is 12.2. The number of aryl methyl sites for hydroxylation is 3. The largest absolute Gasteiger partial charge is 0.481 e. The Morgan fingerprint density at radius 2 is 1.47 bits per heavy atom. The first kappa shape index (κ1) is 21.1. The third kappa shape index (κ3) is 5.47. The van der Waals surface area contributed by atoms with Gasteiger partial charge in [-0.25, -0.2) is 4.79 Å². The summed E-state index contributed by atoms with van der Waals surface area (Å²) in [5, 5.41) is 2.81. The van der Waals surface area contributed by atoms with E-state index in [1.807, 2.05) is 81.4 Å². The molecule has 0 aliphatic heterocycles. The van der Waals surface area contributed by atoms with Gasteiger partial charge in [-0.1, -0.05) is 66.2 Å². The first-order valence-corrected chi connectivity index (χ1v) is 9.74. The number of rotatable bonds is 7. The second-order valence-electron chi connectivity index (χ2n) is 7.13.